The number of hydrogen-bond acceptors (Lipinski definition) is 4. The number of ether oxygens (including phenoxy) is 1. The summed E-state index contributed by atoms with van der Waals surface area (Å²) in [5, 5.41) is 7.00. The second-order valence-electron chi connectivity index (χ2n) is 6.17. The summed E-state index contributed by atoms with van der Waals surface area (Å²) in [6.07, 6.45) is 7.04. The van der Waals surface area contributed by atoms with Crippen LogP contribution in [0.25, 0.3) is 0 Å². The maximum Gasteiger partial charge on any atom is 0.232 e. The molecule has 0 spiro atoms. The van der Waals surface area contributed by atoms with Crippen molar-refractivity contribution in [3.8, 4) is 5.88 Å². The maximum atomic E-state index is 12.0. The van der Waals surface area contributed by atoms with E-state index in [1.54, 1.807) is 18.3 Å². The minimum absolute atomic E-state index is 0.113. The number of amides is 1. The van der Waals surface area contributed by atoms with Crippen LogP contribution in [0.1, 0.15) is 32.1 Å². The topological polar surface area (TPSA) is 63.2 Å². The van der Waals surface area contributed by atoms with Crippen molar-refractivity contribution in [2.24, 2.45) is 5.92 Å². The molecular weight excluding hydrogens is 302 g/mol. The van der Waals surface area contributed by atoms with Gasteiger partial charge in [-0.15, -0.1) is 0 Å². The van der Waals surface area contributed by atoms with Gasteiger partial charge < -0.3 is 15.4 Å². The van der Waals surface area contributed by atoms with E-state index in [4.69, 9.17) is 16.3 Å². The molecule has 2 saturated heterocycles. The highest BCUT2D eigenvalue weighted by atomic mass is 35.5. The molecule has 1 aromatic heterocycles. The fourth-order valence-corrected chi connectivity index (χ4v) is 3.67. The summed E-state index contributed by atoms with van der Waals surface area (Å²) in [6, 6.07) is 4.74. The average molecular weight is 324 g/mol. The molecule has 0 aromatic carbocycles. The summed E-state index contributed by atoms with van der Waals surface area (Å²) < 4.78 is 5.45. The second kappa shape index (κ2) is 7.29. The summed E-state index contributed by atoms with van der Waals surface area (Å²) in [7, 11) is 0. The molecule has 1 aromatic rings. The normalized spacial score (nSPS) is 26.7. The van der Waals surface area contributed by atoms with Crippen LogP contribution in [0, 0.1) is 5.92 Å². The van der Waals surface area contributed by atoms with Gasteiger partial charge in [0.25, 0.3) is 0 Å². The Hall–Kier alpha value is -1.33. The molecule has 22 heavy (non-hydrogen) atoms. The highest BCUT2D eigenvalue weighted by molar-refractivity contribution is 6.31. The van der Waals surface area contributed by atoms with Gasteiger partial charge in [-0.05, 0) is 43.7 Å². The van der Waals surface area contributed by atoms with Crippen molar-refractivity contribution >= 4 is 17.5 Å². The lowest BCUT2D eigenvalue weighted by Crippen LogP contribution is -2.40. The third-order valence-corrected chi connectivity index (χ3v) is 4.72. The highest BCUT2D eigenvalue weighted by Gasteiger charge is 2.34. The van der Waals surface area contributed by atoms with Gasteiger partial charge >= 0.3 is 0 Å². The Labute approximate surface area is 135 Å². The first-order chi connectivity index (χ1) is 10.7. The fourth-order valence-electron chi connectivity index (χ4n) is 3.49. The van der Waals surface area contributed by atoms with Crippen molar-refractivity contribution < 1.29 is 9.53 Å². The predicted octanol–water partition coefficient (Wildman–Crippen LogP) is 2.15. The number of nitrogens with one attached hydrogen (secondary N) is 2. The minimum atomic E-state index is 0.113. The van der Waals surface area contributed by atoms with Gasteiger partial charge in [-0.1, -0.05) is 11.6 Å². The Morgan fingerprint density at radius 1 is 1.41 bits per heavy atom. The van der Waals surface area contributed by atoms with Crippen molar-refractivity contribution in [3.63, 3.8) is 0 Å². The average Bonchev–Trinajstić information content (AvgIpc) is 2.84. The molecule has 3 rings (SSSR count). The van der Waals surface area contributed by atoms with Crippen LogP contribution in [0.2, 0.25) is 5.02 Å². The highest BCUT2D eigenvalue weighted by Crippen LogP contribution is 2.32. The number of carbonyl (C=O) groups is 1. The molecule has 120 valence electrons. The number of rotatable bonds is 6. The largest absolute Gasteiger partial charge is 0.475 e. The van der Waals surface area contributed by atoms with Gasteiger partial charge in [-0.25, -0.2) is 4.98 Å². The molecule has 3 heterocycles. The summed E-state index contributed by atoms with van der Waals surface area (Å²) in [4.78, 5) is 16.0. The fraction of sp³-hybridized carbons (Fsp3) is 0.625. The van der Waals surface area contributed by atoms with E-state index in [9.17, 15) is 4.79 Å². The van der Waals surface area contributed by atoms with Gasteiger partial charge in [-0.3, -0.25) is 4.79 Å². The Morgan fingerprint density at radius 2 is 2.18 bits per heavy atom. The molecule has 1 amide bonds. The first-order valence-electron chi connectivity index (χ1n) is 7.97. The maximum absolute atomic E-state index is 12.0. The third kappa shape index (κ3) is 4.11. The minimum Gasteiger partial charge on any atom is -0.475 e. The van der Waals surface area contributed by atoms with E-state index in [0.717, 1.165) is 12.8 Å². The molecule has 2 fully saturated rings. The van der Waals surface area contributed by atoms with E-state index < -0.39 is 0 Å². The molecular formula is C16H22ClN3O2. The molecule has 2 aliphatic heterocycles. The van der Waals surface area contributed by atoms with E-state index >= 15 is 0 Å². The lowest BCUT2D eigenvalue weighted by atomic mass is 9.89. The molecule has 2 N–H and O–H groups in total. The predicted molar refractivity (Wildman–Crippen MR) is 85.0 cm³/mol. The van der Waals surface area contributed by atoms with E-state index in [1.165, 1.54) is 12.8 Å². The van der Waals surface area contributed by atoms with Crippen LogP contribution in [0.5, 0.6) is 5.88 Å². The van der Waals surface area contributed by atoms with Crippen LogP contribution in [0.15, 0.2) is 18.3 Å². The first kappa shape index (κ1) is 15.6. The van der Waals surface area contributed by atoms with Gasteiger partial charge in [0.05, 0.1) is 6.54 Å². The number of pyridine rings is 1. The van der Waals surface area contributed by atoms with Crippen molar-refractivity contribution in [2.75, 3.05) is 13.2 Å². The van der Waals surface area contributed by atoms with Crippen molar-refractivity contribution in [1.29, 1.82) is 0 Å². The smallest absolute Gasteiger partial charge is 0.232 e. The van der Waals surface area contributed by atoms with Crippen molar-refractivity contribution in [3.05, 3.63) is 23.4 Å². The molecule has 6 heteroatoms. The third-order valence-electron chi connectivity index (χ3n) is 4.43. The quantitative estimate of drug-likeness (QED) is 0.787. The van der Waals surface area contributed by atoms with E-state index in [0.29, 0.717) is 48.5 Å². The van der Waals surface area contributed by atoms with Gasteiger partial charge in [0, 0.05) is 24.7 Å². The van der Waals surface area contributed by atoms with E-state index in [-0.39, 0.29) is 5.91 Å². The van der Waals surface area contributed by atoms with Gasteiger partial charge in [-0.2, -0.15) is 0 Å². The number of fused-ring (bicyclic) bond motifs is 2. The molecule has 2 bridgehead atoms. The zero-order valence-electron chi connectivity index (χ0n) is 12.6. The molecule has 0 radical (unpaired) electrons. The zero-order chi connectivity index (χ0) is 15.4. The van der Waals surface area contributed by atoms with Crippen LogP contribution in [0.4, 0.5) is 0 Å². The molecule has 0 saturated carbocycles. The van der Waals surface area contributed by atoms with Crippen molar-refractivity contribution in [1.82, 2.24) is 15.6 Å². The summed E-state index contributed by atoms with van der Waals surface area (Å²) in [5.74, 6) is 1.04. The number of nitrogens with zero attached hydrogens (tertiary/aromatic N) is 1. The number of piperidine rings is 1. The monoisotopic (exact) mass is 323 g/mol. The van der Waals surface area contributed by atoms with Crippen molar-refractivity contribution in [2.45, 2.75) is 44.2 Å². The Balaban J connectivity index is 1.34. The van der Waals surface area contributed by atoms with Gasteiger partial charge in [0.1, 0.15) is 11.6 Å². The van der Waals surface area contributed by atoms with Crippen LogP contribution < -0.4 is 15.4 Å². The summed E-state index contributed by atoms with van der Waals surface area (Å²) >= 11 is 5.95. The summed E-state index contributed by atoms with van der Waals surface area (Å²) in [6.45, 7) is 0.851. The molecule has 2 aliphatic rings. The number of hydrogen-bond donors (Lipinski definition) is 2. The standard InChI is InChI=1S/C16H22ClN3O2/c17-14-2-1-5-19-16(14)22-7-6-18-15(21)10-11-8-12-3-4-13(9-11)20-12/h1-2,5,11-13,20H,3-4,6-10H2,(H,18,21). The molecule has 2 atom stereocenters. The number of aromatic nitrogens is 1. The molecule has 2 unspecified atom stereocenters. The lowest BCUT2D eigenvalue weighted by Gasteiger charge is -2.28. The number of halogens is 1. The molecule has 0 aliphatic carbocycles. The van der Waals surface area contributed by atoms with E-state index in [1.807, 2.05) is 0 Å². The van der Waals surface area contributed by atoms with Crippen LogP contribution in [0.3, 0.4) is 0 Å². The van der Waals surface area contributed by atoms with Gasteiger partial charge in [0.15, 0.2) is 0 Å². The van der Waals surface area contributed by atoms with Gasteiger partial charge in [0.2, 0.25) is 11.8 Å². The SMILES string of the molecule is O=C(CC1CC2CCC(C1)N2)NCCOc1ncccc1Cl. The zero-order valence-corrected chi connectivity index (χ0v) is 13.3. The first-order valence-corrected chi connectivity index (χ1v) is 8.34. The Morgan fingerprint density at radius 3 is 2.91 bits per heavy atom. The Bertz CT molecular complexity index is 514. The van der Waals surface area contributed by atoms with Crippen LogP contribution >= 0.6 is 11.6 Å². The molecule has 5 nitrogen and oxygen atoms in total. The lowest BCUT2D eigenvalue weighted by molar-refractivity contribution is -0.122. The Kier molecular flexibility index (Phi) is 5.16. The second-order valence-corrected chi connectivity index (χ2v) is 6.58. The number of carbonyl (C=O) groups excluding carboxylic acids is 1. The van der Waals surface area contributed by atoms with Crippen LogP contribution in [-0.4, -0.2) is 36.1 Å². The van der Waals surface area contributed by atoms with Crippen LogP contribution in [-0.2, 0) is 4.79 Å². The summed E-state index contributed by atoms with van der Waals surface area (Å²) in [5.41, 5.74) is 0. The van der Waals surface area contributed by atoms with E-state index in [2.05, 4.69) is 15.6 Å².